The Morgan fingerprint density at radius 3 is 2.77 bits per heavy atom. The number of hydrogen-bond acceptors (Lipinski definition) is 6. The van der Waals surface area contributed by atoms with Crippen molar-refractivity contribution in [3.63, 3.8) is 0 Å². The Kier molecular flexibility index (Phi) is 5.84. The highest BCUT2D eigenvalue weighted by atomic mass is 19.4. The summed E-state index contributed by atoms with van der Waals surface area (Å²) in [5.74, 6) is 0.557. The molecule has 5 rings (SSSR count). The third-order valence-corrected chi connectivity index (χ3v) is 5.80. The maximum absolute atomic E-state index is 13.2. The zero-order valence-electron chi connectivity index (χ0n) is 19.0. The van der Waals surface area contributed by atoms with E-state index in [1.165, 1.54) is 41.3 Å². The number of benzene rings is 2. The summed E-state index contributed by atoms with van der Waals surface area (Å²) in [5, 5.41) is 7.56. The second kappa shape index (κ2) is 8.98. The molecule has 0 fully saturated rings. The highest BCUT2D eigenvalue weighted by Crippen LogP contribution is 2.35. The molecule has 2 aromatic heterocycles. The minimum absolute atomic E-state index is 0.0120. The van der Waals surface area contributed by atoms with Crippen LogP contribution >= 0.6 is 0 Å². The maximum Gasteiger partial charge on any atom is 0.416 e. The van der Waals surface area contributed by atoms with Gasteiger partial charge in [0.2, 0.25) is 0 Å². The van der Waals surface area contributed by atoms with E-state index in [2.05, 4.69) is 40.6 Å². The number of rotatable bonds is 5. The molecule has 35 heavy (non-hydrogen) atoms. The number of hydrogen-bond donors (Lipinski definition) is 1. The van der Waals surface area contributed by atoms with Crippen molar-refractivity contribution in [2.24, 2.45) is 5.16 Å². The van der Waals surface area contributed by atoms with E-state index in [1.807, 2.05) is 6.92 Å². The predicted molar refractivity (Wildman–Crippen MR) is 125 cm³/mol. The van der Waals surface area contributed by atoms with Gasteiger partial charge in [-0.05, 0) is 49.6 Å². The van der Waals surface area contributed by atoms with Crippen LogP contribution < -0.4 is 10.1 Å². The summed E-state index contributed by atoms with van der Waals surface area (Å²) in [6.45, 7) is 4.47. The summed E-state index contributed by atoms with van der Waals surface area (Å²) in [6.07, 6.45) is -0.880. The highest BCUT2D eigenvalue weighted by Gasteiger charge is 2.31. The van der Waals surface area contributed by atoms with Gasteiger partial charge in [0.05, 0.1) is 24.1 Å². The van der Waals surface area contributed by atoms with Gasteiger partial charge in [0.15, 0.2) is 17.2 Å². The van der Waals surface area contributed by atoms with Gasteiger partial charge in [-0.25, -0.2) is 4.98 Å². The number of pyridine rings is 1. The molecule has 3 heterocycles. The van der Waals surface area contributed by atoms with Crippen molar-refractivity contribution in [1.29, 1.82) is 0 Å². The number of ether oxygens (including phenoxy) is 1. The van der Waals surface area contributed by atoms with Crippen molar-refractivity contribution in [2.75, 3.05) is 6.61 Å². The molecule has 1 atom stereocenters. The lowest BCUT2D eigenvalue weighted by atomic mass is 9.99. The minimum Gasteiger partial charge on any atom is -0.462 e. The topological polar surface area (TPSA) is 68.9 Å². The van der Waals surface area contributed by atoms with Gasteiger partial charge >= 0.3 is 6.18 Å². The molecule has 0 bridgehead atoms. The summed E-state index contributed by atoms with van der Waals surface area (Å²) >= 11 is 0. The predicted octanol–water partition coefficient (Wildman–Crippen LogP) is 6.15. The Bertz CT molecular complexity index is 1410. The molecule has 0 radical (unpaired) electrons. The fraction of sp³-hybridized carbons (Fsp3) is 0.231. The molecule has 180 valence electrons. The molecule has 0 saturated carbocycles. The molecule has 6 nitrogen and oxygen atoms in total. The van der Waals surface area contributed by atoms with Crippen LogP contribution in [0.2, 0.25) is 0 Å². The number of fused-ring (bicyclic) bond motifs is 1. The number of aromatic nitrogens is 1. The van der Waals surface area contributed by atoms with Crippen LogP contribution in [0, 0.1) is 13.8 Å². The second-order valence-corrected chi connectivity index (χ2v) is 8.47. The molecule has 0 amide bonds. The lowest BCUT2D eigenvalue weighted by Crippen LogP contribution is -2.43. The summed E-state index contributed by atoms with van der Waals surface area (Å²) in [5.41, 5.74) is 4.10. The number of amidine groups is 1. The van der Waals surface area contributed by atoms with Crippen molar-refractivity contribution >= 4 is 16.9 Å². The number of aryl methyl sites for hydroxylation is 2. The fourth-order valence-corrected chi connectivity index (χ4v) is 4.08. The Labute approximate surface area is 199 Å². The summed E-state index contributed by atoms with van der Waals surface area (Å²) in [4.78, 5) is 9.84. The SMILES string of the molecule is Cc1ccc(C[C@@H]2CON=C(c3c(Oc4cccc(C(F)(F)F)c4)cnc4ccoc34)N2)c(C)c1. The van der Waals surface area contributed by atoms with Gasteiger partial charge < -0.3 is 19.3 Å². The molecule has 0 spiro atoms. The fourth-order valence-electron chi connectivity index (χ4n) is 4.08. The van der Waals surface area contributed by atoms with Crippen LogP contribution in [0.1, 0.15) is 27.8 Å². The number of nitrogens with zero attached hydrogens (tertiary/aromatic N) is 2. The van der Waals surface area contributed by atoms with Crippen molar-refractivity contribution < 1.29 is 27.2 Å². The van der Waals surface area contributed by atoms with Gasteiger partial charge in [0, 0.05) is 6.07 Å². The molecule has 1 N–H and O–H groups in total. The number of nitrogens with one attached hydrogen (secondary N) is 1. The zero-order chi connectivity index (χ0) is 24.6. The summed E-state index contributed by atoms with van der Waals surface area (Å²) in [6, 6.07) is 12.5. The Morgan fingerprint density at radius 2 is 1.97 bits per heavy atom. The average Bonchev–Trinajstić information content (AvgIpc) is 3.29. The normalized spacial score (nSPS) is 15.9. The van der Waals surface area contributed by atoms with E-state index >= 15 is 0 Å². The Hall–Kier alpha value is -4.01. The third kappa shape index (κ3) is 4.80. The van der Waals surface area contributed by atoms with Crippen LogP contribution in [0.25, 0.3) is 11.1 Å². The van der Waals surface area contributed by atoms with Gasteiger partial charge in [-0.2, -0.15) is 13.2 Å². The molecule has 0 unspecified atom stereocenters. The van der Waals surface area contributed by atoms with Crippen molar-refractivity contribution in [3.8, 4) is 11.5 Å². The van der Waals surface area contributed by atoms with E-state index in [0.29, 0.717) is 35.5 Å². The first-order valence-corrected chi connectivity index (χ1v) is 11.0. The van der Waals surface area contributed by atoms with Gasteiger partial charge in [0.25, 0.3) is 0 Å². The molecule has 0 aliphatic carbocycles. The largest absolute Gasteiger partial charge is 0.462 e. The maximum atomic E-state index is 13.2. The van der Waals surface area contributed by atoms with Crippen molar-refractivity contribution in [2.45, 2.75) is 32.5 Å². The standard InChI is InChI=1S/C26H22F3N3O3/c1-15-6-7-17(16(2)10-15)11-19-14-34-32-25(31-19)23-22(13-30-21-8-9-33-24(21)23)35-20-5-3-4-18(12-20)26(27,28)29/h3-10,12-13,19H,11,14H2,1-2H3,(H,31,32)/t19-/m1/s1. The quantitative estimate of drug-likeness (QED) is 0.370. The molecule has 1 aliphatic rings. The first-order valence-electron chi connectivity index (χ1n) is 11.0. The number of halogens is 3. The van der Waals surface area contributed by atoms with Crippen LogP contribution in [0.4, 0.5) is 13.2 Å². The number of alkyl halides is 3. The van der Waals surface area contributed by atoms with E-state index in [0.717, 1.165) is 12.1 Å². The Morgan fingerprint density at radius 1 is 1.11 bits per heavy atom. The Balaban J connectivity index is 1.47. The lowest BCUT2D eigenvalue weighted by molar-refractivity contribution is -0.137. The summed E-state index contributed by atoms with van der Waals surface area (Å²) in [7, 11) is 0. The molecule has 0 saturated heterocycles. The monoisotopic (exact) mass is 481 g/mol. The van der Waals surface area contributed by atoms with Crippen LogP contribution in [0.3, 0.4) is 0 Å². The van der Waals surface area contributed by atoms with E-state index in [-0.39, 0.29) is 17.5 Å². The third-order valence-electron chi connectivity index (χ3n) is 5.80. The van der Waals surface area contributed by atoms with Crippen molar-refractivity contribution in [3.05, 3.63) is 88.8 Å². The first-order chi connectivity index (χ1) is 16.8. The van der Waals surface area contributed by atoms with Crippen molar-refractivity contribution in [1.82, 2.24) is 10.3 Å². The highest BCUT2D eigenvalue weighted by molar-refractivity contribution is 6.09. The van der Waals surface area contributed by atoms with E-state index in [1.54, 1.807) is 6.07 Å². The van der Waals surface area contributed by atoms with Crippen LogP contribution in [0.5, 0.6) is 11.5 Å². The van der Waals surface area contributed by atoms with E-state index in [9.17, 15) is 13.2 Å². The molecule has 1 aliphatic heterocycles. The van der Waals surface area contributed by atoms with Gasteiger partial charge in [-0.15, -0.1) is 0 Å². The van der Waals surface area contributed by atoms with Gasteiger partial charge in [0.1, 0.15) is 23.4 Å². The average molecular weight is 481 g/mol. The van der Waals surface area contributed by atoms with Crippen LogP contribution in [-0.4, -0.2) is 23.5 Å². The first kappa shape index (κ1) is 22.8. The second-order valence-electron chi connectivity index (χ2n) is 8.47. The molecule has 2 aromatic carbocycles. The molecular weight excluding hydrogens is 459 g/mol. The molecule has 9 heteroatoms. The number of furan rings is 1. The van der Waals surface area contributed by atoms with Gasteiger partial charge in [-0.1, -0.05) is 35.0 Å². The lowest BCUT2D eigenvalue weighted by Gasteiger charge is -2.25. The van der Waals surface area contributed by atoms with E-state index in [4.69, 9.17) is 14.0 Å². The van der Waals surface area contributed by atoms with Crippen LogP contribution in [0.15, 0.2) is 70.6 Å². The molecular formula is C26H22F3N3O3. The smallest absolute Gasteiger partial charge is 0.416 e. The molecule has 4 aromatic rings. The summed E-state index contributed by atoms with van der Waals surface area (Å²) < 4.78 is 51.1. The minimum atomic E-state index is -4.49. The zero-order valence-corrected chi connectivity index (χ0v) is 19.0. The number of oxime groups is 1. The van der Waals surface area contributed by atoms with Crippen LogP contribution in [-0.2, 0) is 17.4 Å². The van der Waals surface area contributed by atoms with Gasteiger partial charge in [-0.3, -0.25) is 0 Å². The van der Waals surface area contributed by atoms with E-state index < -0.39 is 11.7 Å².